The van der Waals surface area contributed by atoms with Gasteiger partial charge in [0.1, 0.15) is 23.7 Å². The summed E-state index contributed by atoms with van der Waals surface area (Å²) in [6, 6.07) is 3.64. The molecule has 1 saturated carbocycles. The van der Waals surface area contributed by atoms with E-state index in [1.807, 2.05) is 13.0 Å². The zero-order valence-corrected chi connectivity index (χ0v) is 20.3. The van der Waals surface area contributed by atoms with Crippen LogP contribution in [0.25, 0.3) is 11.4 Å². The average molecular weight is 472 g/mol. The van der Waals surface area contributed by atoms with E-state index in [0.29, 0.717) is 54.5 Å². The lowest BCUT2D eigenvalue weighted by atomic mass is 9.87. The predicted octanol–water partition coefficient (Wildman–Crippen LogP) is 3.58. The molecule has 0 spiro atoms. The van der Waals surface area contributed by atoms with Crippen molar-refractivity contribution in [1.29, 1.82) is 0 Å². The van der Waals surface area contributed by atoms with Crippen LogP contribution in [0.2, 0.25) is 0 Å². The van der Waals surface area contributed by atoms with Gasteiger partial charge in [-0.1, -0.05) is 19.1 Å². The molecule has 3 heterocycles. The van der Waals surface area contributed by atoms with E-state index in [9.17, 15) is 14.7 Å². The zero-order valence-electron chi connectivity index (χ0n) is 20.3. The number of rotatable bonds is 6. The number of amides is 1. The first-order valence-electron chi connectivity index (χ1n) is 11.8. The molecular formula is C24H33N5O5. The molecule has 2 fully saturated rings. The molecule has 4 rings (SSSR count). The lowest BCUT2D eigenvalue weighted by Gasteiger charge is -2.27. The Balaban J connectivity index is 1.43. The van der Waals surface area contributed by atoms with Crippen LogP contribution >= 0.6 is 0 Å². The highest BCUT2D eigenvalue weighted by molar-refractivity contribution is 5.70. The van der Waals surface area contributed by atoms with Crippen LogP contribution < -0.4 is 4.74 Å². The number of nitrogens with zero attached hydrogens (tertiary/aromatic N) is 5. The summed E-state index contributed by atoms with van der Waals surface area (Å²) in [6.45, 7) is 7.55. The van der Waals surface area contributed by atoms with Crippen LogP contribution in [-0.4, -0.2) is 61.2 Å². The Hall–Kier alpha value is -3.17. The summed E-state index contributed by atoms with van der Waals surface area (Å²) < 4.78 is 13.3. The summed E-state index contributed by atoms with van der Waals surface area (Å²) in [5, 5.41) is 17.6. The molecule has 2 aromatic heterocycles. The van der Waals surface area contributed by atoms with E-state index >= 15 is 0 Å². The SMILES string of the molecule is Cc1nc(-c2nnn(C)c2COC(=O)N2CCC(C)(C)C2)ccc1O[C@H]1CCC[C@H](C(=O)O)C1. The van der Waals surface area contributed by atoms with E-state index in [1.54, 1.807) is 22.7 Å². The van der Waals surface area contributed by atoms with E-state index in [4.69, 9.17) is 9.47 Å². The molecule has 0 radical (unpaired) electrons. The Morgan fingerprint density at radius 2 is 2.06 bits per heavy atom. The lowest BCUT2D eigenvalue weighted by Crippen LogP contribution is -2.31. The second-order valence-corrected chi connectivity index (χ2v) is 10.1. The van der Waals surface area contributed by atoms with Gasteiger partial charge in [-0.05, 0) is 56.6 Å². The summed E-state index contributed by atoms with van der Waals surface area (Å²) in [6.07, 6.45) is 3.35. The van der Waals surface area contributed by atoms with E-state index in [-0.39, 0.29) is 30.1 Å². The van der Waals surface area contributed by atoms with Gasteiger partial charge in [0, 0.05) is 20.1 Å². The summed E-state index contributed by atoms with van der Waals surface area (Å²) >= 11 is 0. The van der Waals surface area contributed by atoms with Gasteiger partial charge >= 0.3 is 12.1 Å². The standard InChI is InChI=1S/C24H33N5O5/c1-15-20(34-17-7-5-6-16(12-17)22(30)31)9-8-18(25-15)21-19(28(4)27-26-21)13-33-23(32)29-11-10-24(2,3)14-29/h8-9,16-17H,5-7,10-14H2,1-4H3,(H,30,31)/t16-,17-/m0/s1. The first-order valence-corrected chi connectivity index (χ1v) is 11.8. The van der Waals surface area contributed by atoms with Crippen LogP contribution in [0.1, 0.15) is 57.3 Å². The molecule has 0 bridgehead atoms. The third kappa shape index (κ3) is 5.31. The Morgan fingerprint density at radius 1 is 1.26 bits per heavy atom. The molecule has 1 amide bonds. The van der Waals surface area contributed by atoms with Crippen molar-refractivity contribution in [2.45, 2.75) is 65.6 Å². The van der Waals surface area contributed by atoms with Gasteiger partial charge in [0.25, 0.3) is 0 Å². The van der Waals surface area contributed by atoms with Crippen molar-refractivity contribution in [3.05, 3.63) is 23.5 Å². The van der Waals surface area contributed by atoms with Crippen molar-refractivity contribution in [3.63, 3.8) is 0 Å². The van der Waals surface area contributed by atoms with Gasteiger partial charge in [0.2, 0.25) is 0 Å². The minimum Gasteiger partial charge on any atom is -0.489 e. The van der Waals surface area contributed by atoms with Crippen LogP contribution in [0.3, 0.4) is 0 Å². The van der Waals surface area contributed by atoms with Crippen LogP contribution in [0.4, 0.5) is 4.79 Å². The third-order valence-electron chi connectivity index (χ3n) is 6.76. The molecule has 2 aromatic rings. The molecule has 1 aliphatic carbocycles. The van der Waals surface area contributed by atoms with Gasteiger partial charge in [-0.15, -0.1) is 5.10 Å². The number of carboxylic acid groups (broad SMARTS) is 1. The highest BCUT2D eigenvalue weighted by Crippen LogP contribution is 2.31. The fourth-order valence-electron chi connectivity index (χ4n) is 4.69. The van der Waals surface area contributed by atoms with Gasteiger partial charge in [0.05, 0.1) is 23.4 Å². The highest BCUT2D eigenvalue weighted by atomic mass is 16.6. The summed E-state index contributed by atoms with van der Waals surface area (Å²) in [7, 11) is 1.75. The number of carboxylic acids is 1. The lowest BCUT2D eigenvalue weighted by molar-refractivity contribution is -0.143. The van der Waals surface area contributed by atoms with E-state index < -0.39 is 5.97 Å². The quantitative estimate of drug-likeness (QED) is 0.679. The molecule has 0 aromatic carbocycles. The average Bonchev–Trinajstić information content (AvgIpc) is 3.35. The second kappa shape index (κ2) is 9.60. The maximum absolute atomic E-state index is 12.5. The van der Waals surface area contributed by atoms with E-state index in [2.05, 4.69) is 29.1 Å². The highest BCUT2D eigenvalue weighted by Gasteiger charge is 2.33. The number of pyridine rings is 1. The Morgan fingerprint density at radius 3 is 2.74 bits per heavy atom. The number of hydrogen-bond donors (Lipinski definition) is 1. The topological polar surface area (TPSA) is 120 Å². The smallest absolute Gasteiger partial charge is 0.410 e. The molecule has 10 nitrogen and oxygen atoms in total. The first-order chi connectivity index (χ1) is 16.1. The number of hydrogen-bond acceptors (Lipinski definition) is 7. The van der Waals surface area contributed by atoms with Crippen molar-refractivity contribution in [1.82, 2.24) is 24.9 Å². The molecule has 10 heteroatoms. The van der Waals surface area contributed by atoms with Crippen molar-refractivity contribution in [3.8, 4) is 17.1 Å². The van der Waals surface area contributed by atoms with Gasteiger partial charge in [-0.25, -0.2) is 14.5 Å². The Kier molecular flexibility index (Phi) is 6.77. The van der Waals surface area contributed by atoms with Gasteiger partial charge in [-0.3, -0.25) is 4.79 Å². The number of carbonyl (C=O) groups excluding carboxylic acids is 1. The number of aryl methyl sites for hydroxylation is 2. The van der Waals surface area contributed by atoms with Crippen LogP contribution in [0.15, 0.2) is 12.1 Å². The molecule has 2 atom stereocenters. The normalized spacial score (nSPS) is 21.9. The third-order valence-corrected chi connectivity index (χ3v) is 6.76. The first kappa shape index (κ1) is 24.0. The molecule has 184 valence electrons. The summed E-state index contributed by atoms with van der Waals surface area (Å²) in [5.74, 6) is -0.487. The fourth-order valence-corrected chi connectivity index (χ4v) is 4.69. The number of aliphatic carboxylic acids is 1. The monoisotopic (exact) mass is 471 g/mol. The molecule has 1 saturated heterocycles. The molecule has 1 aliphatic heterocycles. The van der Waals surface area contributed by atoms with E-state index in [0.717, 1.165) is 19.3 Å². The molecule has 34 heavy (non-hydrogen) atoms. The number of likely N-dealkylation sites (tertiary alicyclic amines) is 1. The van der Waals surface area contributed by atoms with Crippen molar-refractivity contribution in [2.75, 3.05) is 13.1 Å². The number of ether oxygens (including phenoxy) is 2. The van der Waals surface area contributed by atoms with Crippen molar-refractivity contribution >= 4 is 12.1 Å². The molecule has 1 N–H and O–H groups in total. The summed E-state index contributed by atoms with van der Waals surface area (Å²) in [4.78, 5) is 30.2. The Bertz CT molecular complexity index is 1070. The molecular weight excluding hydrogens is 438 g/mol. The minimum atomic E-state index is -0.761. The van der Waals surface area contributed by atoms with Crippen LogP contribution in [0, 0.1) is 18.3 Å². The summed E-state index contributed by atoms with van der Waals surface area (Å²) in [5.41, 5.74) is 2.61. The number of carbonyl (C=O) groups is 2. The fraction of sp³-hybridized carbons (Fsp3) is 0.625. The van der Waals surface area contributed by atoms with Crippen molar-refractivity contribution < 1.29 is 24.2 Å². The predicted molar refractivity (Wildman–Crippen MR) is 123 cm³/mol. The second-order valence-electron chi connectivity index (χ2n) is 10.1. The molecule has 2 aliphatic rings. The van der Waals surface area contributed by atoms with Gasteiger partial charge < -0.3 is 19.5 Å². The Labute approximate surface area is 199 Å². The van der Waals surface area contributed by atoms with Crippen molar-refractivity contribution in [2.24, 2.45) is 18.4 Å². The minimum absolute atomic E-state index is 0.0478. The van der Waals surface area contributed by atoms with Gasteiger partial charge in [-0.2, -0.15) is 0 Å². The largest absolute Gasteiger partial charge is 0.489 e. The van der Waals surface area contributed by atoms with E-state index in [1.165, 1.54) is 0 Å². The van der Waals surface area contributed by atoms with Gasteiger partial charge in [0.15, 0.2) is 0 Å². The molecule has 0 unspecified atom stereocenters. The maximum Gasteiger partial charge on any atom is 0.410 e. The van der Waals surface area contributed by atoms with Crippen LogP contribution in [0.5, 0.6) is 5.75 Å². The number of aromatic nitrogens is 4. The van der Waals surface area contributed by atoms with Crippen LogP contribution in [-0.2, 0) is 23.2 Å². The zero-order chi connectivity index (χ0) is 24.5. The maximum atomic E-state index is 12.5.